The van der Waals surface area contributed by atoms with E-state index < -0.39 is 6.10 Å². The summed E-state index contributed by atoms with van der Waals surface area (Å²) in [4.78, 5) is 16.7. The predicted octanol–water partition coefficient (Wildman–Crippen LogP) is 1.88. The smallest absolute Gasteiger partial charge is 0.261 e. The molecule has 0 saturated heterocycles. The molecule has 0 bridgehead atoms. The van der Waals surface area contributed by atoms with Crippen molar-refractivity contribution in [3.63, 3.8) is 0 Å². The lowest BCUT2D eigenvalue weighted by Gasteiger charge is -2.13. The highest BCUT2D eigenvalue weighted by Crippen LogP contribution is 2.09. The van der Waals surface area contributed by atoms with Crippen molar-refractivity contribution in [2.75, 3.05) is 6.61 Å². The highest BCUT2D eigenvalue weighted by atomic mass is 16.5. The Bertz CT molecular complexity index is 839. The number of rotatable bonds is 6. The number of benzene rings is 1. The molecule has 0 amide bonds. The molecule has 0 aliphatic heterocycles. The van der Waals surface area contributed by atoms with Gasteiger partial charge in [-0.2, -0.15) is 0 Å². The van der Waals surface area contributed by atoms with Crippen molar-refractivity contribution in [1.82, 2.24) is 9.55 Å². The molecule has 1 aromatic carbocycles. The average Bonchev–Trinajstić information content (AvgIpc) is 3.04. The van der Waals surface area contributed by atoms with E-state index in [0.29, 0.717) is 16.7 Å². The van der Waals surface area contributed by atoms with Gasteiger partial charge >= 0.3 is 0 Å². The van der Waals surface area contributed by atoms with Gasteiger partial charge < -0.3 is 14.3 Å². The van der Waals surface area contributed by atoms with Gasteiger partial charge in [-0.25, -0.2) is 4.98 Å². The van der Waals surface area contributed by atoms with Gasteiger partial charge in [-0.05, 0) is 31.2 Å². The fraction of sp³-hybridized carbons (Fsp3) is 0.294. The molecule has 0 fully saturated rings. The van der Waals surface area contributed by atoms with Gasteiger partial charge in [0.25, 0.3) is 5.56 Å². The van der Waals surface area contributed by atoms with Crippen LogP contribution in [0.4, 0.5) is 0 Å². The minimum atomic E-state index is -0.799. The molecule has 6 nitrogen and oxygen atoms in total. The van der Waals surface area contributed by atoms with Crippen molar-refractivity contribution in [2.45, 2.75) is 26.2 Å². The normalized spacial score (nSPS) is 12.6. The summed E-state index contributed by atoms with van der Waals surface area (Å²) in [5.41, 5.74) is 1.49. The number of ether oxygens (including phenoxy) is 1. The second kappa shape index (κ2) is 6.76. The van der Waals surface area contributed by atoms with Gasteiger partial charge in [0.1, 0.15) is 12.4 Å². The maximum absolute atomic E-state index is 12.4. The fourth-order valence-corrected chi connectivity index (χ4v) is 2.37. The number of fused-ring (bicyclic) bond motifs is 1. The molecule has 0 aliphatic rings. The van der Waals surface area contributed by atoms with Crippen LogP contribution in [0.3, 0.4) is 0 Å². The minimum Gasteiger partial charge on any atom is -0.467 e. The SMILES string of the molecule is Cc1ccc2ncn(CC(O)COCc3ccco3)c(=O)c2c1. The first-order valence-electron chi connectivity index (χ1n) is 7.37. The summed E-state index contributed by atoms with van der Waals surface area (Å²) in [6.07, 6.45) is 2.22. The third-order valence-corrected chi connectivity index (χ3v) is 3.52. The average molecular weight is 314 g/mol. The zero-order valence-corrected chi connectivity index (χ0v) is 12.8. The summed E-state index contributed by atoms with van der Waals surface area (Å²) < 4.78 is 11.9. The molecule has 3 rings (SSSR count). The van der Waals surface area contributed by atoms with Crippen LogP contribution in [0.2, 0.25) is 0 Å². The molecular formula is C17H18N2O4. The third kappa shape index (κ3) is 3.67. The first-order chi connectivity index (χ1) is 11.1. The zero-order chi connectivity index (χ0) is 16.2. The van der Waals surface area contributed by atoms with Crippen LogP contribution < -0.4 is 5.56 Å². The van der Waals surface area contributed by atoms with Crippen molar-refractivity contribution in [2.24, 2.45) is 0 Å². The standard InChI is InChI=1S/C17H18N2O4/c1-12-4-5-16-15(7-12)17(21)19(11-18-16)8-13(20)9-22-10-14-3-2-6-23-14/h2-7,11,13,20H,8-10H2,1H3. The van der Waals surface area contributed by atoms with E-state index in [9.17, 15) is 9.90 Å². The number of aryl methyl sites for hydroxylation is 1. The number of nitrogens with zero attached hydrogens (tertiary/aromatic N) is 2. The maximum Gasteiger partial charge on any atom is 0.261 e. The molecule has 0 aliphatic carbocycles. The monoisotopic (exact) mass is 314 g/mol. The van der Waals surface area contributed by atoms with Crippen molar-refractivity contribution in [3.8, 4) is 0 Å². The quantitative estimate of drug-likeness (QED) is 0.751. The Labute approximate surface area is 133 Å². The maximum atomic E-state index is 12.4. The first kappa shape index (κ1) is 15.5. The van der Waals surface area contributed by atoms with Crippen molar-refractivity contribution >= 4 is 10.9 Å². The van der Waals surface area contributed by atoms with E-state index in [2.05, 4.69) is 4.98 Å². The molecule has 0 spiro atoms. The summed E-state index contributed by atoms with van der Waals surface area (Å²) in [6.45, 7) is 2.45. The topological polar surface area (TPSA) is 77.5 Å². The van der Waals surface area contributed by atoms with Gasteiger partial charge in [-0.3, -0.25) is 9.36 Å². The van der Waals surface area contributed by atoms with E-state index in [0.717, 1.165) is 5.56 Å². The van der Waals surface area contributed by atoms with Gasteiger partial charge in [0, 0.05) is 0 Å². The van der Waals surface area contributed by atoms with Crippen LogP contribution in [0.25, 0.3) is 10.9 Å². The van der Waals surface area contributed by atoms with Crippen LogP contribution in [0, 0.1) is 6.92 Å². The van der Waals surface area contributed by atoms with E-state index in [1.807, 2.05) is 19.1 Å². The Morgan fingerprint density at radius 2 is 2.26 bits per heavy atom. The molecule has 1 atom stereocenters. The molecule has 6 heteroatoms. The number of hydrogen-bond donors (Lipinski definition) is 1. The predicted molar refractivity (Wildman–Crippen MR) is 85.1 cm³/mol. The molecule has 2 aromatic heterocycles. The van der Waals surface area contributed by atoms with Gasteiger partial charge in [0.05, 0.1) is 42.7 Å². The van der Waals surface area contributed by atoms with E-state index in [1.54, 1.807) is 24.5 Å². The van der Waals surface area contributed by atoms with Crippen LogP contribution in [-0.2, 0) is 17.9 Å². The Morgan fingerprint density at radius 1 is 1.39 bits per heavy atom. The van der Waals surface area contributed by atoms with E-state index in [1.165, 1.54) is 10.9 Å². The van der Waals surface area contributed by atoms with Crippen LogP contribution in [0.15, 0.2) is 52.1 Å². The largest absolute Gasteiger partial charge is 0.467 e. The van der Waals surface area contributed by atoms with Gasteiger partial charge in [0.2, 0.25) is 0 Å². The first-order valence-corrected chi connectivity index (χ1v) is 7.37. The lowest BCUT2D eigenvalue weighted by molar-refractivity contribution is 0.0142. The summed E-state index contributed by atoms with van der Waals surface area (Å²) in [7, 11) is 0. The summed E-state index contributed by atoms with van der Waals surface area (Å²) in [5.74, 6) is 0.692. The zero-order valence-electron chi connectivity index (χ0n) is 12.8. The van der Waals surface area contributed by atoms with Crippen LogP contribution in [0.1, 0.15) is 11.3 Å². The molecule has 0 radical (unpaired) electrons. The Morgan fingerprint density at radius 3 is 3.04 bits per heavy atom. The number of aliphatic hydroxyl groups excluding tert-OH is 1. The Hall–Kier alpha value is -2.44. The van der Waals surface area contributed by atoms with Gasteiger partial charge in [-0.15, -0.1) is 0 Å². The fourth-order valence-electron chi connectivity index (χ4n) is 2.37. The molecule has 120 valence electrons. The molecule has 3 aromatic rings. The van der Waals surface area contributed by atoms with E-state index in [4.69, 9.17) is 9.15 Å². The van der Waals surface area contributed by atoms with E-state index >= 15 is 0 Å². The Kier molecular flexibility index (Phi) is 4.55. The number of hydrogen-bond acceptors (Lipinski definition) is 5. The molecule has 1 unspecified atom stereocenters. The summed E-state index contributed by atoms with van der Waals surface area (Å²) >= 11 is 0. The molecule has 0 saturated carbocycles. The van der Waals surface area contributed by atoms with Crippen molar-refractivity contribution in [3.05, 3.63) is 64.6 Å². The minimum absolute atomic E-state index is 0.110. The van der Waals surface area contributed by atoms with E-state index in [-0.39, 0.29) is 25.3 Å². The highest BCUT2D eigenvalue weighted by molar-refractivity contribution is 5.77. The number of aliphatic hydroxyl groups is 1. The summed E-state index contributed by atoms with van der Waals surface area (Å²) in [5, 5.41) is 10.6. The lowest BCUT2D eigenvalue weighted by atomic mass is 10.2. The Balaban J connectivity index is 1.66. The van der Waals surface area contributed by atoms with Crippen LogP contribution in [-0.4, -0.2) is 27.4 Å². The van der Waals surface area contributed by atoms with Crippen LogP contribution >= 0.6 is 0 Å². The van der Waals surface area contributed by atoms with Gasteiger partial charge in [-0.1, -0.05) is 11.6 Å². The molecule has 1 N–H and O–H groups in total. The van der Waals surface area contributed by atoms with Crippen LogP contribution in [0.5, 0.6) is 0 Å². The highest BCUT2D eigenvalue weighted by Gasteiger charge is 2.10. The molecule has 23 heavy (non-hydrogen) atoms. The molecular weight excluding hydrogens is 296 g/mol. The number of furan rings is 1. The van der Waals surface area contributed by atoms with Gasteiger partial charge in [0.15, 0.2) is 0 Å². The molecule has 2 heterocycles. The second-order valence-electron chi connectivity index (χ2n) is 5.47. The van der Waals surface area contributed by atoms with Crippen molar-refractivity contribution < 1.29 is 14.3 Å². The van der Waals surface area contributed by atoms with Crippen molar-refractivity contribution in [1.29, 1.82) is 0 Å². The second-order valence-corrected chi connectivity index (χ2v) is 5.47. The summed E-state index contributed by atoms with van der Waals surface area (Å²) in [6, 6.07) is 9.11. The lowest BCUT2D eigenvalue weighted by Crippen LogP contribution is -2.29. The number of aromatic nitrogens is 2. The third-order valence-electron chi connectivity index (χ3n) is 3.52.